The average molecular weight is 427 g/mol. The van der Waals surface area contributed by atoms with Crippen molar-refractivity contribution < 1.29 is 51.3 Å². The monoisotopic (exact) mass is 426 g/mol. The molecule has 1 aliphatic rings. The Morgan fingerprint density at radius 2 is 1.58 bits per heavy atom. The predicted octanol–water partition coefficient (Wildman–Crippen LogP) is -0.0737. The number of carbonyl (C=O) groups is 1. The summed E-state index contributed by atoms with van der Waals surface area (Å²) in [6.45, 7) is 8.71. The van der Waals surface area contributed by atoms with Crippen molar-refractivity contribution in [3.63, 3.8) is 0 Å². The fraction of sp³-hybridized carbons (Fsp3) is 0.722. The van der Waals surface area contributed by atoms with E-state index in [0.717, 1.165) is 28.8 Å². The van der Waals surface area contributed by atoms with Gasteiger partial charge >= 0.3 is 21.7 Å². The maximum absolute atomic E-state index is 10.2. The molecule has 0 aromatic rings. The van der Waals surface area contributed by atoms with Gasteiger partial charge in [0.1, 0.15) is 0 Å². The summed E-state index contributed by atoms with van der Waals surface area (Å²) in [5.74, 6) is -0.413. The topological polar surface area (TPSA) is 40.9 Å². The smallest absolute Gasteiger partial charge is 1.00 e. The van der Waals surface area contributed by atoms with Gasteiger partial charge < -0.3 is 35.3 Å². The van der Waals surface area contributed by atoms with Crippen molar-refractivity contribution in [1.29, 1.82) is 0 Å². The molecule has 2 nitrogen and oxygen atoms in total. The maximum atomic E-state index is 10.2. The molecular formula is C18H34Cl2NOSiTi. The van der Waals surface area contributed by atoms with Gasteiger partial charge in [0.2, 0.25) is 0 Å². The standard InChI is InChI=1S/C10H21NO.C6H7.C2H7Si.2ClH.Ti/c1-2-3-4-5-6-7-8-9-10(11)12;1-6-4-2-3-5-6;1-3-2;;;/h2-9H2,1H3,(H2,11,12);4-5H,2H2,1H3;3H,1-2H3;2*1H;/q;-1;;;;+4/p-3. The summed E-state index contributed by atoms with van der Waals surface area (Å²) in [5.41, 5.74) is 8.03. The third-order valence-corrected chi connectivity index (χ3v) is 2.88. The molecule has 24 heavy (non-hydrogen) atoms. The molecule has 0 bridgehead atoms. The zero-order valence-electron chi connectivity index (χ0n) is 15.8. The van der Waals surface area contributed by atoms with Gasteiger partial charge in [0.15, 0.2) is 0 Å². The molecule has 0 saturated heterocycles. The first kappa shape index (κ1) is 35.5. The normalized spacial score (nSPS) is 10.4. The Morgan fingerprint density at radius 1 is 1.12 bits per heavy atom. The van der Waals surface area contributed by atoms with E-state index in [1.54, 1.807) is 0 Å². The van der Waals surface area contributed by atoms with Gasteiger partial charge in [-0.2, -0.15) is 6.08 Å². The second-order valence-electron chi connectivity index (χ2n) is 5.37. The van der Waals surface area contributed by atoms with Crippen LogP contribution in [0.4, 0.5) is 0 Å². The molecule has 0 saturated carbocycles. The minimum Gasteiger partial charge on any atom is -1.00 e. The van der Waals surface area contributed by atoms with Crippen LogP contribution in [0, 0.1) is 6.08 Å². The van der Waals surface area contributed by atoms with Crippen molar-refractivity contribution in [1.82, 2.24) is 0 Å². The van der Waals surface area contributed by atoms with Crippen LogP contribution in [0.1, 0.15) is 71.6 Å². The molecule has 1 rings (SSSR count). The second kappa shape index (κ2) is 31.3. The molecule has 0 atom stereocenters. The number of hydrogen-bond donors (Lipinski definition) is 0. The fourth-order valence-electron chi connectivity index (χ4n) is 1.74. The van der Waals surface area contributed by atoms with Gasteiger partial charge in [0.25, 0.3) is 0 Å². The quantitative estimate of drug-likeness (QED) is 0.304. The van der Waals surface area contributed by atoms with Crippen LogP contribution in [0.25, 0.3) is 5.73 Å². The largest absolute Gasteiger partial charge is 4.00 e. The van der Waals surface area contributed by atoms with Gasteiger partial charge in [-0.3, -0.25) is 6.08 Å². The van der Waals surface area contributed by atoms with Crippen molar-refractivity contribution in [2.75, 3.05) is 0 Å². The predicted molar refractivity (Wildman–Crippen MR) is 97.0 cm³/mol. The number of carbonyl (C=O) groups excluding carboxylic acids is 1. The van der Waals surface area contributed by atoms with E-state index in [2.05, 4.69) is 39.1 Å². The molecule has 0 aliphatic heterocycles. The Labute approximate surface area is 180 Å². The minimum atomic E-state index is -0.413. The summed E-state index contributed by atoms with van der Waals surface area (Å²) < 4.78 is 0. The second-order valence-corrected chi connectivity index (χ2v) is 6.53. The molecule has 1 aliphatic carbocycles. The van der Waals surface area contributed by atoms with Crippen LogP contribution in [0.15, 0.2) is 17.7 Å². The van der Waals surface area contributed by atoms with Crippen molar-refractivity contribution in [3.8, 4) is 0 Å². The molecule has 6 heteroatoms. The van der Waals surface area contributed by atoms with E-state index in [-0.39, 0.29) is 46.5 Å². The number of halogens is 2. The van der Waals surface area contributed by atoms with Crippen molar-refractivity contribution in [2.45, 2.75) is 84.7 Å². The molecule has 1 amide bonds. The molecule has 0 unspecified atom stereocenters. The van der Waals surface area contributed by atoms with Gasteiger partial charge in [0.05, 0.1) is 0 Å². The van der Waals surface area contributed by atoms with Crippen molar-refractivity contribution >= 4 is 15.4 Å². The summed E-state index contributed by atoms with van der Waals surface area (Å²) in [5, 5.41) is 0. The number of unbranched alkanes of at least 4 members (excludes halogenated alkanes) is 6. The van der Waals surface area contributed by atoms with Crippen LogP contribution >= 0.6 is 0 Å². The van der Waals surface area contributed by atoms with Crippen LogP contribution in [0.2, 0.25) is 13.1 Å². The Balaban J connectivity index is -0.0000000852. The summed E-state index contributed by atoms with van der Waals surface area (Å²) in [4.78, 5) is 10.2. The Hall–Kier alpha value is 0.461. The molecule has 0 fully saturated rings. The van der Waals surface area contributed by atoms with Crippen LogP contribution in [0.5, 0.6) is 0 Å². The van der Waals surface area contributed by atoms with Gasteiger partial charge in [-0.1, -0.05) is 58.5 Å². The van der Waals surface area contributed by atoms with E-state index >= 15 is 0 Å². The van der Waals surface area contributed by atoms with Crippen molar-refractivity contribution in [2.24, 2.45) is 0 Å². The number of hydrogen-bond acceptors (Lipinski definition) is 1. The number of allylic oxidation sites excluding steroid dienone is 4. The van der Waals surface area contributed by atoms with Crippen LogP contribution in [-0.4, -0.2) is 15.4 Å². The van der Waals surface area contributed by atoms with Gasteiger partial charge in [-0.15, -0.1) is 13.3 Å². The van der Waals surface area contributed by atoms with Gasteiger partial charge in [0, 0.05) is 15.4 Å². The maximum Gasteiger partial charge on any atom is 4.00 e. The number of rotatable bonds is 8. The number of amides is 1. The van der Waals surface area contributed by atoms with E-state index in [1.807, 2.05) is 6.08 Å². The van der Waals surface area contributed by atoms with E-state index in [4.69, 9.17) is 5.73 Å². The van der Waals surface area contributed by atoms with Crippen LogP contribution < -0.4 is 24.8 Å². The van der Waals surface area contributed by atoms with Crippen LogP contribution in [0.3, 0.4) is 0 Å². The molecule has 0 aromatic heterocycles. The van der Waals surface area contributed by atoms with E-state index < -0.39 is 5.91 Å². The third kappa shape index (κ3) is 38.2. The summed E-state index contributed by atoms with van der Waals surface area (Å²) in [7, 11) is 0.750. The molecule has 1 N–H and O–H groups in total. The first-order valence-electron chi connectivity index (χ1n) is 8.30. The molecule has 0 spiro atoms. The van der Waals surface area contributed by atoms with Gasteiger partial charge in [-0.25, -0.2) is 11.6 Å². The zero-order chi connectivity index (χ0) is 16.3. The Kier molecular flexibility index (Phi) is 46.3. The summed E-state index contributed by atoms with van der Waals surface area (Å²) in [6, 6.07) is 0. The van der Waals surface area contributed by atoms with Gasteiger partial charge in [-0.05, 0) is 12.8 Å². The van der Waals surface area contributed by atoms with E-state index in [0.29, 0.717) is 6.42 Å². The third-order valence-electron chi connectivity index (χ3n) is 2.88. The summed E-state index contributed by atoms with van der Waals surface area (Å²) in [6.07, 6.45) is 17.2. The van der Waals surface area contributed by atoms with E-state index in [1.165, 1.54) is 37.7 Å². The first-order valence-corrected chi connectivity index (χ1v) is 10.6. The minimum absolute atomic E-state index is 0. The Morgan fingerprint density at radius 3 is 1.88 bits per heavy atom. The molecule has 0 aromatic carbocycles. The van der Waals surface area contributed by atoms with Crippen LogP contribution in [-0.2, 0) is 26.5 Å². The molecule has 139 valence electrons. The van der Waals surface area contributed by atoms with E-state index in [9.17, 15) is 4.79 Å². The average Bonchev–Trinajstić information content (AvgIpc) is 2.90. The number of nitrogens with one attached hydrogen (secondary N) is 1. The molecule has 1 radical (unpaired) electrons. The van der Waals surface area contributed by atoms with Crippen molar-refractivity contribution in [3.05, 3.63) is 29.5 Å². The SMILES string of the molecule is CC1=CC[C-]=C1.CCCCCCCCCC([NH-])=O.C[SiH]C.[Cl-].[Cl-].[Ti+4]. The molecule has 0 heterocycles. The molecular weight excluding hydrogens is 393 g/mol. The fourth-order valence-corrected chi connectivity index (χ4v) is 1.74. The summed E-state index contributed by atoms with van der Waals surface area (Å²) >= 11 is 0. The zero-order valence-corrected chi connectivity index (χ0v) is 20.0. The Bertz CT molecular complexity index is 298. The first-order chi connectivity index (χ1) is 10.1.